The molecule has 3 rings (SSSR count). The molecule has 1 aromatic heterocycles. The molecule has 0 saturated heterocycles. The van der Waals surface area contributed by atoms with Crippen molar-refractivity contribution in [1.82, 2.24) is 4.98 Å². The van der Waals surface area contributed by atoms with Gasteiger partial charge in [0.2, 0.25) is 0 Å². The van der Waals surface area contributed by atoms with Crippen LogP contribution in [0, 0.1) is 0 Å². The van der Waals surface area contributed by atoms with Crippen LogP contribution in [0.4, 0.5) is 10.1 Å². The number of halogens is 1. The maximum absolute atomic E-state index is 12.3. The number of rotatable bonds is 5. The lowest BCUT2D eigenvalue weighted by Crippen LogP contribution is -2.19. The molecule has 2 aromatic carbocycles. The maximum atomic E-state index is 12.3. The molecule has 2 nitrogen and oxygen atoms in total. The fraction of sp³-hybridized carbons (Fsp3) is 0.167. The number of benzene rings is 2. The Morgan fingerprint density at radius 2 is 1.86 bits per heavy atom. The van der Waals surface area contributed by atoms with E-state index < -0.39 is 0 Å². The van der Waals surface area contributed by atoms with Crippen molar-refractivity contribution in [2.75, 3.05) is 25.2 Å². The highest BCUT2D eigenvalue weighted by atomic mass is 32.1. The summed E-state index contributed by atoms with van der Waals surface area (Å²) in [6.45, 7) is 0.0800. The molecule has 0 bridgehead atoms. The first-order valence-electron chi connectivity index (χ1n) is 7.17. The van der Waals surface area contributed by atoms with Gasteiger partial charge in [0.05, 0.1) is 10.2 Å². The highest BCUT2D eigenvalue weighted by Gasteiger charge is 2.01. The summed E-state index contributed by atoms with van der Waals surface area (Å²) in [6.07, 6.45) is 4.08. The van der Waals surface area contributed by atoms with Crippen molar-refractivity contribution < 1.29 is 4.39 Å². The molecule has 0 N–H and O–H groups in total. The minimum atomic E-state index is -0.338. The first-order valence-corrected chi connectivity index (χ1v) is 7.99. The van der Waals surface area contributed by atoms with E-state index in [9.17, 15) is 4.39 Å². The van der Waals surface area contributed by atoms with E-state index in [2.05, 4.69) is 17.1 Å². The van der Waals surface area contributed by atoms with Gasteiger partial charge in [-0.05, 0) is 35.9 Å². The van der Waals surface area contributed by atoms with Crippen LogP contribution < -0.4 is 4.90 Å². The molecule has 0 unspecified atom stereocenters. The summed E-state index contributed by atoms with van der Waals surface area (Å²) < 4.78 is 13.5. The Bertz CT molecular complexity index is 744. The highest BCUT2D eigenvalue weighted by molar-refractivity contribution is 7.19. The lowest BCUT2D eigenvalue weighted by Gasteiger charge is -2.17. The summed E-state index contributed by atoms with van der Waals surface area (Å²) in [5.41, 5.74) is 3.17. The van der Waals surface area contributed by atoms with Crippen LogP contribution in [0.3, 0.4) is 0 Å². The van der Waals surface area contributed by atoms with Gasteiger partial charge >= 0.3 is 0 Å². The molecule has 22 heavy (non-hydrogen) atoms. The largest absolute Gasteiger partial charge is 0.372 e. The predicted octanol–water partition coefficient (Wildman–Crippen LogP) is 4.87. The smallest absolute Gasteiger partial charge is 0.117 e. The third-order valence-electron chi connectivity index (χ3n) is 3.48. The van der Waals surface area contributed by atoms with E-state index >= 15 is 0 Å². The molecule has 0 radical (unpaired) electrons. The Labute approximate surface area is 133 Å². The summed E-state index contributed by atoms with van der Waals surface area (Å²) in [5, 5.41) is 1.000. The summed E-state index contributed by atoms with van der Waals surface area (Å²) >= 11 is 1.68. The molecule has 0 aliphatic rings. The lowest BCUT2D eigenvalue weighted by molar-refractivity contribution is 0.497. The van der Waals surface area contributed by atoms with Crippen molar-refractivity contribution in [1.29, 1.82) is 0 Å². The number of aromatic nitrogens is 1. The second-order valence-electron chi connectivity index (χ2n) is 5.06. The molecule has 1 heterocycles. The number of hydrogen-bond acceptors (Lipinski definition) is 3. The molecule has 0 fully saturated rings. The van der Waals surface area contributed by atoms with Crippen LogP contribution >= 0.6 is 11.3 Å². The van der Waals surface area contributed by atoms with Gasteiger partial charge in [-0.2, -0.15) is 0 Å². The first kappa shape index (κ1) is 14.7. The van der Waals surface area contributed by atoms with E-state index in [4.69, 9.17) is 0 Å². The van der Waals surface area contributed by atoms with Gasteiger partial charge in [-0.15, -0.1) is 11.3 Å². The van der Waals surface area contributed by atoms with Gasteiger partial charge < -0.3 is 4.90 Å². The standard InChI is InChI=1S/C18H17FN2S/c1-21(13-12-19)15-9-6-14(7-10-15)8-11-18-20-16-4-2-3-5-17(16)22-18/h2-11H,12-13H2,1H3/b11-8-. The van der Waals surface area contributed by atoms with Crippen molar-refractivity contribution in [3.8, 4) is 0 Å². The minimum absolute atomic E-state index is 0.338. The molecule has 0 amide bonds. The van der Waals surface area contributed by atoms with Gasteiger partial charge in [0.1, 0.15) is 11.7 Å². The SMILES string of the molecule is CN(CCF)c1ccc(/C=C\c2nc3ccccc3s2)cc1. The fourth-order valence-corrected chi connectivity index (χ4v) is 3.09. The van der Waals surface area contributed by atoms with E-state index in [0.29, 0.717) is 6.54 Å². The topological polar surface area (TPSA) is 16.1 Å². The van der Waals surface area contributed by atoms with Crippen molar-refractivity contribution in [3.05, 3.63) is 59.1 Å². The van der Waals surface area contributed by atoms with Crippen molar-refractivity contribution >= 4 is 39.4 Å². The predicted molar refractivity (Wildman–Crippen MR) is 94.2 cm³/mol. The molecular formula is C18H17FN2S. The van der Waals surface area contributed by atoms with E-state index in [0.717, 1.165) is 21.8 Å². The number of anilines is 1. The average Bonchev–Trinajstić information content (AvgIpc) is 2.96. The summed E-state index contributed by atoms with van der Waals surface area (Å²) in [5.74, 6) is 0. The molecule has 0 saturated carbocycles. The van der Waals surface area contributed by atoms with Crippen LogP contribution in [0.25, 0.3) is 22.4 Å². The van der Waals surface area contributed by atoms with E-state index in [-0.39, 0.29) is 6.67 Å². The molecule has 4 heteroatoms. The maximum Gasteiger partial charge on any atom is 0.117 e. The van der Waals surface area contributed by atoms with Gasteiger partial charge in [-0.1, -0.05) is 30.3 Å². The van der Waals surface area contributed by atoms with Crippen LogP contribution in [-0.2, 0) is 0 Å². The van der Waals surface area contributed by atoms with Gasteiger partial charge in [-0.25, -0.2) is 9.37 Å². The molecule has 0 aliphatic carbocycles. The second-order valence-corrected chi connectivity index (χ2v) is 6.12. The Balaban J connectivity index is 1.74. The molecular weight excluding hydrogens is 295 g/mol. The van der Waals surface area contributed by atoms with Crippen LogP contribution in [-0.4, -0.2) is 25.3 Å². The van der Waals surface area contributed by atoms with Crippen molar-refractivity contribution in [2.24, 2.45) is 0 Å². The van der Waals surface area contributed by atoms with Gasteiger partial charge in [-0.3, -0.25) is 0 Å². The number of thiazole rings is 1. The summed E-state index contributed by atoms with van der Waals surface area (Å²) in [6, 6.07) is 16.2. The summed E-state index contributed by atoms with van der Waals surface area (Å²) in [4.78, 5) is 6.48. The fourth-order valence-electron chi connectivity index (χ4n) is 2.22. The Morgan fingerprint density at radius 3 is 2.59 bits per heavy atom. The highest BCUT2D eigenvalue weighted by Crippen LogP contribution is 2.23. The molecule has 0 spiro atoms. The van der Waals surface area contributed by atoms with Crippen LogP contribution in [0.15, 0.2) is 48.5 Å². The summed E-state index contributed by atoms with van der Waals surface area (Å²) in [7, 11) is 1.89. The minimum Gasteiger partial charge on any atom is -0.372 e. The number of para-hydroxylation sites is 1. The van der Waals surface area contributed by atoms with Crippen LogP contribution in [0.1, 0.15) is 10.6 Å². The van der Waals surface area contributed by atoms with E-state index in [1.54, 1.807) is 11.3 Å². The Morgan fingerprint density at radius 1 is 1.09 bits per heavy atom. The van der Waals surface area contributed by atoms with Crippen LogP contribution in [0.5, 0.6) is 0 Å². The number of hydrogen-bond donors (Lipinski definition) is 0. The zero-order valence-electron chi connectivity index (χ0n) is 12.4. The number of alkyl halides is 1. The van der Waals surface area contributed by atoms with Crippen LogP contribution in [0.2, 0.25) is 0 Å². The van der Waals surface area contributed by atoms with E-state index in [1.807, 2.05) is 60.5 Å². The zero-order valence-corrected chi connectivity index (χ0v) is 13.2. The molecule has 3 aromatic rings. The second kappa shape index (κ2) is 6.71. The average molecular weight is 312 g/mol. The normalized spacial score (nSPS) is 11.4. The van der Waals surface area contributed by atoms with Gasteiger partial charge in [0.15, 0.2) is 0 Å². The first-order chi connectivity index (χ1) is 10.8. The van der Waals surface area contributed by atoms with Crippen molar-refractivity contribution in [3.63, 3.8) is 0 Å². The third-order valence-corrected chi connectivity index (χ3v) is 4.48. The number of fused-ring (bicyclic) bond motifs is 1. The quantitative estimate of drug-likeness (QED) is 0.668. The number of nitrogens with zero attached hydrogens (tertiary/aromatic N) is 2. The van der Waals surface area contributed by atoms with E-state index in [1.165, 1.54) is 4.70 Å². The molecule has 112 valence electrons. The molecule has 0 aliphatic heterocycles. The monoisotopic (exact) mass is 312 g/mol. The van der Waals surface area contributed by atoms with Gasteiger partial charge in [0.25, 0.3) is 0 Å². The molecule has 0 atom stereocenters. The van der Waals surface area contributed by atoms with Gasteiger partial charge in [0, 0.05) is 19.3 Å². The Kier molecular flexibility index (Phi) is 4.49. The zero-order chi connectivity index (χ0) is 15.4. The van der Waals surface area contributed by atoms with Crippen molar-refractivity contribution in [2.45, 2.75) is 0 Å². The third kappa shape index (κ3) is 3.34. The lowest BCUT2D eigenvalue weighted by atomic mass is 10.2. The Hall–Kier alpha value is -2.20.